The largest absolute Gasteiger partial charge is 0.496 e. The van der Waals surface area contributed by atoms with Gasteiger partial charge in [-0.1, -0.05) is 0 Å². The van der Waals surface area contributed by atoms with E-state index >= 15 is 0 Å². The Bertz CT molecular complexity index is 422. The number of carbonyl (C=O) groups excluding carboxylic acids is 1. The molecule has 1 rings (SSSR count). The van der Waals surface area contributed by atoms with Crippen LogP contribution >= 0.6 is 0 Å². The molecule has 0 aliphatic heterocycles. The van der Waals surface area contributed by atoms with Gasteiger partial charge >= 0.3 is 5.97 Å². The molecule has 6 heteroatoms. The Morgan fingerprint density at radius 3 is 2.65 bits per heavy atom. The Labute approximate surface area is 118 Å². The second-order valence-electron chi connectivity index (χ2n) is 4.05. The molecule has 0 amide bonds. The molecule has 6 nitrogen and oxygen atoms in total. The summed E-state index contributed by atoms with van der Waals surface area (Å²) in [7, 11) is 3.10. The van der Waals surface area contributed by atoms with E-state index in [2.05, 4.69) is 0 Å². The lowest BCUT2D eigenvalue weighted by atomic mass is 10.2. The van der Waals surface area contributed by atoms with Crippen molar-refractivity contribution in [2.45, 2.75) is 6.42 Å². The second-order valence-corrected chi connectivity index (χ2v) is 4.05. The van der Waals surface area contributed by atoms with Gasteiger partial charge < -0.3 is 24.7 Å². The molecule has 0 bridgehead atoms. The predicted molar refractivity (Wildman–Crippen MR) is 75.0 cm³/mol. The third kappa shape index (κ3) is 5.46. The molecular weight excluding hydrogens is 262 g/mol. The minimum absolute atomic E-state index is 0.291. The molecule has 0 radical (unpaired) electrons. The zero-order valence-corrected chi connectivity index (χ0v) is 11.9. The molecule has 0 fully saturated rings. The van der Waals surface area contributed by atoms with Crippen molar-refractivity contribution in [1.82, 2.24) is 0 Å². The van der Waals surface area contributed by atoms with Crippen molar-refractivity contribution in [2.75, 3.05) is 46.4 Å². The minimum atomic E-state index is -0.432. The van der Waals surface area contributed by atoms with Crippen molar-refractivity contribution in [3.63, 3.8) is 0 Å². The second kappa shape index (κ2) is 9.17. The van der Waals surface area contributed by atoms with Gasteiger partial charge in [-0.25, -0.2) is 4.79 Å². The number of nitrogen functional groups attached to an aromatic ring is 1. The Kier molecular flexibility index (Phi) is 7.46. The van der Waals surface area contributed by atoms with Crippen molar-refractivity contribution < 1.29 is 23.7 Å². The molecule has 1 aromatic rings. The molecule has 1 aromatic carbocycles. The summed E-state index contributed by atoms with van der Waals surface area (Å²) >= 11 is 0. The van der Waals surface area contributed by atoms with Crippen LogP contribution in [0.25, 0.3) is 0 Å². The van der Waals surface area contributed by atoms with Crippen LogP contribution < -0.4 is 10.5 Å². The standard InChI is InChI=1S/C14H21NO5/c1-17-8-9-19-6-3-7-20-14(16)12-5-4-11(15)10-13(12)18-2/h4-5,10H,3,6-9,15H2,1-2H3. The van der Waals surface area contributed by atoms with E-state index in [1.807, 2.05) is 0 Å². The molecule has 0 saturated carbocycles. The van der Waals surface area contributed by atoms with E-state index in [9.17, 15) is 4.79 Å². The van der Waals surface area contributed by atoms with Crippen LogP contribution in [0.1, 0.15) is 16.8 Å². The quantitative estimate of drug-likeness (QED) is 0.420. The number of ether oxygens (including phenoxy) is 4. The molecule has 0 aromatic heterocycles. The number of rotatable bonds is 9. The zero-order valence-electron chi connectivity index (χ0n) is 11.9. The molecule has 0 unspecified atom stereocenters. The Morgan fingerprint density at radius 2 is 1.95 bits per heavy atom. The van der Waals surface area contributed by atoms with Crippen LogP contribution in [0.3, 0.4) is 0 Å². The summed E-state index contributed by atoms with van der Waals surface area (Å²) < 4.78 is 20.4. The molecule has 0 aliphatic rings. The average molecular weight is 283 g/mol. The summed E-state index contributed by atoms with van der Waals surface area (Å²) in [6.07, 6.45) is 0.632. The number of methoxy groups -OCH3 is 2. The maximum atomic E-state index is 11.9. The zero-order chi connectivity index (χ0) is 14.8. The third-order valence-electron chi connectivity index (χ3n) is 2.54. The van der Waals surface area contributed by atoms with Gasteiger partial charge in [0.2, 0.25) is 0 Å². The molecule has 20 heavy (non-hydrogen) atoms. The first kappa shape index (κ1) is 16.3. The van der Waals surface area contributed by atoms with E-state index in [4.69, 9.17) is 24.7 Å². The van der Waals surface area contributed by atoms with Crippen LogP contribution in [0.5, 0.6) is 5.75 Å². The van der Waals surface area contributed by atoms with Crippen LogP contribution in [0, 0.1) is 0 Å². The summed E-state index contributed by atoms with van der Waals surface area (Å²) in [4.78, 5) is 11.9. The summed E-state index contributed by atoms with van der Waals surface area (Å²) in [5.41, 5.74) is 6.52. The van der Waals surface area contributed by atoms with Crippen LogP contribution in [-0.4, -0.2) is 46.6 Å². The summed E-state index contributed by atoms with van der Waals surface area (Å²) in [6, 6.07) is 4.81. The fraction of sp³-hybridized carbons (Fsp3) is 0.500. The maximum absolute atomic E-state index is 11.9. The number of esters is 1. The SMILES string of the molecule is COCCOCCCOC(=O)c1ccc(N)cc1OC. The lowest BCUT2D eigenvalue weighted by molar-refractivity contribution is 0.0383. The molecule has 0 saturated heterocycles. The molecule has 0 aliphatic carbocycles. The monoisotopic (exact) mass is 283 g/mol. The summed E-state index contributed by atoms with van der Waals surface area (Å²) in [5, 5.41) is 0. The van der Waals surface area contributed by atoms with Gasteiger partial charge in [-0.2, -0.15) is 0 Å². The van der Waals surface area contributed by atoms with Crippen molar-refractivity contribution in [3.05, 3.63) is 23.8 Å². The van der Waals surface area contributed by atoms with Crippen molar-refractivity contribution >= 4 is 11.7 Å². The van der Waals surface area contributed by atoms with Crippen molar-refractivity contribution in [1.29, 1.82) is 0 Å². The summed E-state index contributed by atoms with van der Waals surface area (Å²) in [6.45, 7) is 1.91. The lowest BCUT2D eigenvalue weighted by Gasteiger charge is -2.09. The maximum Gasteiger partial charge on any atom is 0.341 e. The van der Waals surface area contributed by atoms with Crippen molar-refractivity contribution in [3.8, 4) is 5.75 Å². The number of benzene rings is 1. The Balaban J connectivity index is 2.32. The highest BCUT2D eigenvalue weighted by atomic mass is 16.5. The molecule has 0 atom stereocenters. The van der Waals surface area contributed by atoms with Crippen LogP contribution in [0.15, 0.2) is 18.2 Å². The number of hydrogen-bond acceptors (Lipinski definition) is 6. The predicted octanol–water partition coefficient (Wildman–Crippen LogP) is 1.49. The van der Waals surface area contributed by atoms with Gasteiger partial charge in [0, 0.05) is 31.9 Å². The number of nitrogens with two attached hydrogens (primary N) is 1. The van der Waals surface area contributed by atoms with E-state index in [1.54, 1.807) is 25.3 Å². The van der Waals surface area contributed by atoms with Gasteiger partial charge in [0.1, 0.15) is 11.3 Å². The van der Waals surface area contributed by atoms with Gasteiger partial charge in [0.05, 0.1) is 26.9 Å². The van der Waals surface area contributed by atoms with E-state index < -0.39 is 5.97 Å². The normalized spacial score (nSPS) is 10.3. The highest BCUT2D eigenvalue weighted by Crippen LogP contribution is 2.22. The van der Waals surface area contributed by atoms with Gasteiger partial charge in [0.15, 0.2) is 0 Å². The smallest absolute Gasteiger partial charge is 0.341 e. The average Bonchev–Trinajstić information content (AvgIpc) is 2.45. The Hall–Kier alpha value is -1.79. The first-order chi connectivity index (χ1) is 9.69. The number of hydrogen-bond donors (Lipinski definition) is 1. The lowest BCUT2D eigenvalue weighted by Crippen LogP contribution is -2.11. The van der Waals surface area contributed by atoms with Gasteiger partial charge in [0.25, 0.3) is 0 Å². The fourth-order valence-corrected chi connectivity index (χ4v) is 1.52. The first-order valence-electron chi connectivity index (χ1n) is 6.36. The summed E-state index contributed by atoms with van der Waals surface area (Å²) in [5.74, 6) is -0.0231. The van der Waals surface area contributed by atoms with Gasteiger partial charge in [-0.05, 0) is 12.1 Å². The van der Waals surface area contributed by atoms with Crippen LogP contribution in [-0.2, 0) is 14.2 Å². The third-order valence-corrected chi connectivity index (χ3v) is 2.54. The van der Waals surface area contributed by atoms with Crippen LogP contribution in [0.4, 0.5) is 5.69 Å². The molecule has 0 spiro atoms. The van der Waals surface area contributed by atoms with E-state index in [0.717, 1.165) is 0 Å². The topological polar surface area (TPSA) is 80.0 Å². The highest BCUT2D eigenvalue weighted by molar-refractivity contribution is 5.93. The number of carbonyl (C=O) groups is 1. The highest BCUT2D eigenvalue weighted by Gasteiger charge is 2.13. The van der Waals surface area contributed by atoms with Crippen molar-refractivity contribution in [2.24, 2.45) is 0 Å². The number of anilines is 1. The van der Waals surface area contributed by atoms with Crippen LogP contribution in [0.2, 0.25) is 0 Å². The minimum Gasteiger partial charge on any atom is -0.496 e. The molecular formula is C14H21NO5. The van der Waals surface area contributed by atoms with E-state index in [1.165, 1.54) is 7.11 Å². The first-order valence-corrected chi connectivity index (χ1v) is 6.36. The molecule has 112 valence electrons. The Morgan fingerprint density at radius 1 is 1.15 bits per heavy atom. The van der Waals surface area contributed by atoms with Gasteiger partial charge in [-0.15, -0.1) is 0 Å². The van der Waals surface area contributed by atoms with E-state index in [0.29, 0.717) is 49.8 Å². The molecule has 0 heterocycles. The van der Waals surface area contributed by atoms with E-state index in [-0.39, 0.29) is 0 Å². The van der Waals surface area contributed by atoms with Gasteiger partial charge in [-0.3, -0.25) is 0 Å². The molecule has 2 N–H and O–H groups in total. The fourth-order valence-electron chi connectivity index (χ4n) is 1.52.